The van der Waals surface area contributed by atoms with Gasteiger partial charge in [0.2, 0.25) is 0 Å². The van der Waals surface area contributed by atoms with Crippen molar-refractivity contribution in [3.63, 3.8) is 0 Å². The first-order chi connectivity index (χ1) is 5.54. The van der Waals surface area contributed by atoms with Gasteiger partial charge in [0.15, 0.2) is 5.69 Å². The minimum absolute atomic E-state index is 0.560. The first-order valence-corrected chi connectivity index (χ1v) is 4.43. The number of nitrogens with zero attached hydrogens (tertiary/aromatic N) is 1. The molecule has 0 fully saturated rings. The first kappa shape index (κ1) is 9.51. The molecule has 0 radical (unpaired) electrons. The minimum Gasteiger partial charge on any atom is -0.237 e. The molecule has 1 rings (SSSR count). The Hall–Kier alpha value is -0.580. The SMILES string of the molecule is CCCc1nc(C(F)(F)F)cs1. The molecule has 0 aliphatic rings. The third kappa shape index (κ3) is 2.20. The monoisotopic (exact) mass is 195 g/mol. The van der Waals surface area contributed by atoms with Crippen LogP contribution in [0.5, 0.6) is 0 Å². The van der Waals surface area contributed by atoms with E-state index >= 15 is 0 Å². The van der Waals surface area contributed by atoms with Crippen molar-refractivity contribution in [2.24, 2.45) is 0 Å². The maximum atomic E-state index is 12.0. The first-order valence-electron chi connectivity index (χ1n) is 3.55. The van der Waals surface area contributed by atoms with E-state index in [1.807, 2.05) is 6.92 Å². The van der Waals surface area contributed by atoms with Gasteiger partial charge in [-0.2, -0.15) is 13.2 Å². The lowest BCUT2D eigenvalue weighted by atomic mass is 10.3. The zero-order valence-corrected chi connectivity index (χ0v) is 7.30. The van der Waals surface area contributed by atoms with E-state index in [1.54, 1.807) is 0 Å². The second-order valence-corrected chi connectivity index (χ2v) is 3.32. The lowest BCUT2D eigenvalue weighted by molar-refractivity contribution is -0.140. The molecule has 0 aliphatic heterocycles. The zero-order valence-electron chi connectivity index (χ0n) is 6.48. The van der Waals surface area contributed by atoms with Gasteiger partial charge in [-0.1, -0.05) is 6.92 Å². The molecule has 0 saturated heterocycles. The Morgan fingerprint density at radius 2 is 2.17 bits per heavy atom. The highest BCUT2D eigenvalue weighted by Crippen LogP contribution is 2.30. The van der Waals surface area contributed by atoms with E-state index in [0.29, 0.717) is 11.4 Å². The van der Waals surface area contributed by atoms with Crippen LogP contribution in [0.3, 0.4) is 0 Å². The summed E-state index contributed by atoms with van der Waals surface area (Å²) in [6.45, 7) is 1.91. The summed E-state index contributed by atoms with van der Waals surface area (Å²) in [5.74, 6) is 0. The maximum absolute atomic E-state index is 12.0. The number of hydrogen-bond acceptors (Lipinski definition) is 2. The average Bonchev–Trinajstić information content (AvgIpc) is 2.35. The Kier molecular flexibility index (Phi) is 2.72. The van der Waals surface area contributed by atoms with Crippen LogP contribution in [0.4, 0.5) is 13.2 Å². The Balaban J connectivity index is 2.77. The molecule has 1 aromatic rings. The number of alkyl halides is 3. The van der Waals surface area contributed by atoms with Gasteiger partial charge in [-0.05, 0) is 12.8 Å². The summed E-state index contributed by atoms with van der Waals surface area (Å²) in [5.41, 5.74) is -0.768. The molecule has 0 unspecified atom stereocenters. The quantitative estimate of drug-likeness (QED) is 0.706. The summed E-state index contributed by atoms with van der Waals surface area (Å²) in [4.78, 5) is 3.46. The predicted molar refractivity (Wildman–Crippen MR) is 41.1 cm³/mol. The lowest BCUT2D eigenvalue weighted by Gasteiger charge is -1.99. The number of hydrogen-bond donors (Lipinski definition) is 0. The van der Waals surface area contributed by atoms with Gasteiger partial charge in [0.05, 0.1) is 5.01 Å². The maximum Gasteiger partial charge on any atom is 0.434 e. The number of aryl methyl sites for hydroxylation is 1. The number of thiazole rings is 1. The highest BCUT2D eigenvalue weighted by molar-refractivity contribution is 7.09. The fourth-order valence-electron chi connectivity index (χ4n) is 0.770. The summed E-state index contributed by atoms with van der Waals surface area (Å²) in [5, 5.41) is 1.62. The van der Waals surface area contributed by atoms with Gasteiger partial charge >= 0.3 is 6.18 Å². The molecule has 0 aromatic carbocycles. The van der Waals surface area contributed by atoms with Gasteiger partial charge in [0.25, 0.3) is 0 Å². The molecule has 1 nitrogen and oxygen atoms in total. The molecule has 1 aromatic heterocycles. The molecule has 12 heavy (non-hydrogen) atoms. The molecule has 0 spiro atoms. The normalized spacial score (nSPS) is 12.0. The van der Waals surface area contributed by atoms with E-state index in [-0.39, 0.29) is 0 Å². The second kappa shape index (κ2) is 3.43. The molecule has 68 valence electrons. The van der Waals surface area contributed by atoms with E-state index < -0.39 is 11.9 Å². The Morgan fingerprint density at radius 1 is 1.50 bits per heavy atom. The summed E-state index contributed by atoms with van der Waals surface area (Å²) < 4.78 is 36.0. The Labute approximate surface area is 72.2 Å². The zero-order chi connectivity index (χ0) is 9.19. The van der Waals surface area contributed by atoms with Crippen molar-refractivity contribution in [2.45, 2.75) is 25.9 Å². The van der Waals surface area contributed by atoms with Crippen LogP contribution in [-0.2, 0) is 12.6 Å². The molecule has 5 heteroatoms. The molecule has 0 aliphatic carbocycles. The van der Waals surface area contributed by atoms with Crippen LogP contribution in [0, 0.1) is 0 Å². The highest BCUT2D eigenvalue weighted by Gasteiger charge is 2.33. The van der Waals surface area contributed by atoms with Crippen LogP contribution in [0.15, 0.2) is 5.38 Å². The van der Waals surface area contributed by atoms with Crippen LogP contribution in [0.25, 0.3) is 0 Å². The van der Waals surface area contributed by atoms with E-state index in [0.717, 1.165) is 23.1 Å². The van der Waals surface area contributed by atoms with Crippen molar-refractivity contribution in [1.29, 1.82) is 0 Å². The van der Waals surface area contributed by atoms with Crippen molar-refractivity contribution >= 4 is 11.3 Å². The fraction of sp³-hybridized carbons (Fsp3) is 0.571. The van der Waals surface area contributed by atoms with Gasteiger partial charge < -0.3 is 0 Å². The molecule has 0 bridgehead atoms. The third-order valence-corrected chi connectivity index (χ3v) is 2.21. The van der Waals surface area contributed by atoms with Gasteiger partial charge in [0.1, 0.15) is 0 Å². The molecule has 0 saturated carbocycles. The summed E-state index contributed by atoms with van der Waals surface area (Å²) in [6.07, 6.45) is -2.84. The number of halogens is 3. The van der Waals surface area contributed by atoms with Crippen molar-refractivity contribution < 1.29 is 13.2 Å². The van der Waals surface area contributed by atoms with Gasteiger partial charge in [-0.3, -0.25) is 0 Å². The molecule has 0 amide bonds. The number of rotatable bonds is 2. The summed E-state index contributed by atoms with van der Waals surface area (Å²) in [7, 11) is 0. The predicted octanol–water partition coefficient (Wildman–Crippen LogP) is 3.11. The largest absolute Gasteiger partial charge is 0.434 e. The molecule has 1 heterocycles. The van der Waals surface area contributed by atoms with Crippen molar-refractivity contribution in [3.05, 3.63) is 16.1 Å². The topological polar surface area (TPSA) is 12.9 Å². The van der Waals surface area contributed by atoms with Crippen LogP contribution < -0.4 is 0 Å². The van der Waals surface area contributed by atoms with Crippen LogP contribution >= 0.6 is 11.3 Å². The summed E-state index contributed by atoms with van der Waals surface area (Å²) >= 11 is 1.07. The van der Waals surface area contributed by atoms with E-state index in [1.165, 1.54) is 0 Å². The van der Waals surface area contributed by atoms with Crippen molar-refractivity contribution in [1.82, 2.24) is 4.98 Å². The average molecular weight is 195 g/mol. The lowest BCUT2D eigenvalue weighted by Crippen LogP contribution is -2.05. The third-order valence-electron chi connectivity index (χ3n) is 1.31. The van der Waals surface area contributed by atoms with E-state index in [2.05, 4.69) is 4.98 Å². The minimum atomic E-state index is -4.29. The molecular weight excluding hydrogens is 187 g/mol. The second-order valence-electron chi connectivity index (χ2n) is 2.37. The van der Waals surface area contributed by atoms with Crippen LogP contribution in [0.1, 0.15) is 24.0 Å². The van der Waals surface area contributed by atoms with Gasteiger partial charge in [0, 0.05) is 5.38 Å². The molecule has 0 N–H and O–H groups in total. The number of aromatic nitrogens is 1. The fourth-order valence-corrected chi connectivity index (χ4v) is 1.68. The summed E-state index contributed by atoms with van der Waals surface area (Å²) in [6, 6.07) is 0. The standard InChI is InChI=1S/C7H8F3NS/c1-2-3-6-11-5(4-12-6)7(8,9)10/h4H,2-3H2,1H3. The molecule has 0 atom stereocenters. The van der Waals surface area contributed by atoms with Crippen LogP contribution in [0.2, 0.25) is 0 Å². The highest BCUT2D eigenvalue weighted by atomic mass is 32.1. The Morgan fingerprint density at radius 3 is 2.58 bits per heavy atom. The van der Waals surface area contributed by atoms with Gasteiger partial charge in [-0.25, -0.2) is 4.98 Å². The Bertz CT molecular complexity index is 253. The van der Waals surface area contributed by atoms with E-state index in [4.69, 9.17) is 0 Å². The van der Waals surface area contributed by atoms with Crippen molar-refractivity contribution in [2.75, 3.05) is 0 Å². The van der Waals surface area contributed by atoms with Crippen molar-refractivity contribution in [3.8, 4) is 0 Å². The van der Waals surface area contributed by atoms with Crippen LogP contribution in [-0.4, -0.2) is 4.98 Å². The molecular formula is C7H8F3NS. The van der Waals surface area contributed by atoms with Gasteiger partial charge in [-0.15, -0.1) is 11.3 Å². The smallest absolute Gasteiger partial charge is 0.237 e. The van der Waals surface area contributed by atoms with E-state index in [9.17, 15) is 13.2 Å².